The van der Waals surface area contributed by atoms with E-state index in [9.17, 15) is 13.2 Å². The van der Waals surface area contributed by atoms with Gasteiger partial charge in [-0.2, -0.15) is 4.31 Å². The summed E-state index contributed by atoms with van der Waals surface area (Å²) in [5, 5.41) is 0. The van der Waals surface area contributed by atoms with E-state index in [1.807, 2.05) is 37.2 Å². The number of aryl methyl sites for hydroxylation is 1. The predicted molar refractivity (Wildman–Crippen MR) is 109 cm³/mol. The Hall–Kier alpha value is -2.02. The summed E-state index contributed by atoms with van der Waals surface area (Å²) >= 11 is 0. The molecule has 0 amide bonds. The van der Waals surface area contributed by atoms with Gasteiger partial charge in [0.1, 0.15) is 0 Å². The first-order valence-electron chi connectivity index (χ1n) is 9.10. The molecule has 2 aromatic carbocycles. The van der Waals surface area contributed by atoms with Crippen molar-refractivity contribution in [3.05, 3.63) is 65.7 Å². The van der Waals surface area contributed by atoms with Gasteiger partial charge in [0.15, 0.2) is 5.78 Å². The van der Waals surface area contributed by atoms with Gasteiger partial charge in [-0.25, -0.2) is 8.42 Å². The van der Waals surface area contributed by atoms with Gasteiger partial charge in [0.2, 0.25) is 10.0 Å². The van der Waals surface area contributed by atoms with E-state index in [0.717, 1.165) is 12.8 Å². The van der Waals surface area contributed by atoms with E-state index in [2.05, 4.69) is 12.1 Å². The summed E-state index contributed by atoms with van der Waals surface area (Å²) in [7, 11) is 0.191. The van der Waals surface area contributed by atoms with Crippen LogP contribution in [0.4, 0.5) is 0 Å². The number of benzene rings is 2. The van der Waals surface area contributed by atoms with Crippen LogP contribution in [0.15, 0.2) is 59.5 Å². The molecule has 0 aliphatic carbocycles. The minimum atomic E-state index is -3.65. The summed E-state index contributed by atoms with van der Waals surface area (Å²) in [4.78, 5) is 13.8. The summed E-state index contributed by atoms with van der Waals surface area (Å²) in [5.41, 5.74) is 1.61. The number of rotatable bonds is 10. The molecule has 2 aromatic rings. The van der Waals surface area contributed by atoms with Gasteiger partial charge < -0.3 is 4.90 Å². The second kappa shape index (κ2) is 9.78. The maximum Gasteiger partial charge on any atom is 0.243 e. The zero-order valence-electron chi connectivity index (χ0n) is 16.3. The summed E-state index contributed by atoms with van der Waals surface area (Å²) in [6, 6.07) is 16.3. The summed E-state index contributed by atoms with van der Waals surface area (Å²) in [6.07, 6.45) is 1.56. The molecule has 0 saturated heterocycles. The average Bonchev–Trinajstić information content (AvgIpc) is 2.65. The Kier molecular flexibility index (Phi) is 7.71. The maximum atomic E-state index is 13.2. The smallest absolute Gasteiger partial charge is 0.243 e. The zero-order valence-corrected chi connectivity index (χ0v) is 17.1. The van der Waals surface area contributed by atoms with Crippen LogP contribution in [0.1, 0.15) is 29.3 Å². The Labute approximate surface area is 162 Å². The van der Waals surface area contributed by atoms with Crippen LogP contribution in [0.3, 0.4) is 0 Å². The van der Waals surface area contributed by atoms with E-state index < -0.39 is 10.0 Å². The summed E-state index contributed by atoms with van der Waals surface area (Å²) in [5.74, 6) is -0.143. The van der Waals surface area contributed by atoms with Gasteiger partial charge in [0.05, 0.1) is 4.90 Å². The van der Waals surface area contributed by atoms with Crippen molar-refractivity contribution in [3.63, 3.8) is 0 Å². The lowest BCUT2D eigenvalue weighted by molar-refractivity contribution is 0.101. The largest absolute Gasteiger partial charge is 0.308 e. The van der Waals surface area contributed by atoms with Gasteiger partial charge in [-0.1, -0.05) is 42.5 Å². The number of carbonyl (C=O) groups excluding carboxylic acids is 1. The maximum absolute atomic E-state index is 13.2. The highest BCUT2D eigenvalue weighted by molar-refractivity contribution is 7.89. The Balaban J connectivity index is 2.17. The Morgan fingerprint density at radius 2 is 1.63 bits per heavy atom. The van der Waals surface area contributed by atoms with E-state index in [1.54, 1.807) is 18.2 Å². The molecule has 0 atom stereocenters. The molecular formula is C21H28N2O3S. The van der Waals surface area contributed by atoms with Crippen molar-refractivity contribution < 1.29 is 13.2 Å². The van der Waals surface area contributed by atoms with Gasteiger partial charge in [0.25, 0.3) is 0 Å². The molecule has 6 heteroatoms. The molecule has 0 aliphatic heterocycles. The fraction of sp³-hybridized carbons (Fsp3) is 0.381. The fourth-order valence-electron chi connectivity index (χ4n) is 2.79. The Morgan fingerprint density at radius 3 is 2.26 bits per heavy atom. The zero-order chi connectivity index (χ0) is 19.9. The molecule has 0 heterocycles. The van der Waals surface area contributed by atoms with Gasteiger partial charge in [0, 0.05) is 25.2 Å². The van der Waals surface area contributed by atoms with Crippen LogP contribution in [-0.2, 0) is 16.4 Å². The number of hydrogen-bond donors (Lipinski definition) is 0. The van der Waals surface area contributed by atoms with Crippen molar-refractivity contribution >= 4 is 15.8 Å². The lowest BCUT2D eigenvalue weighted by Gasteiger charge is -2.24. The average molecular weight is 389 g/mol. The molecule has 0 aliphatic rings. The quantitative estimate of drug-likeness (QED) is 0.587. The van der Waals surface area contributed by atoms with Crippen molar-refractivity contribution in [3.8, 4) is 0 Å². The SMILES string of the molecule is CC(=O)c1cccc(S(=O)(=O)N(CCCc2ccccc2)CCN(C)C)c1. The molecule has 0 unspecified atom stereocenters. The van der Waals surface area contributed by atoms with Crippen molar-refractivity contribution in [1.82, 2.24) is 9.21 Å². The Morgan fingerprint density at radius 1 is 0.926 bits per heavy atom. The first kappa shape index (κ1) is 21.3. The van der Waals surface area contributed by atoms with Crippen molar-refractivity contribution in [2.45, 2.75) is 24.7 Å². The minimum Gasteiger partial charge on any atom is -0.308 e. The predicted octanol–water partition coefficient (Wildman–Crippen LogP) is 3.07. The molecule has 27 heavy (non-hydrogen) atoms. The van der Waals surface area contributed by atoms with Crippen LogP contribution in [-0.4, -0.2) is 57.1 Å². The van der Waals surface area contributed by atoms with Crippen LogP contribution in [0.5, 0.6) is 0 Å². The molecule has 5 nitrogen and oxygen atoms in total. The molecule has 0 bridgehead atoms. The van der Waals surface area contributed by atoms with Gasteiger partial charge >= 0.3 is 0 Å². The number of carbonyl (C=O) groups is 1. The number of nitrogens with zero attached hydrogens (tertiary/aromatic N) is 2. The fourth-order valence-corrected chi connectivity index (χ4v) is 4.31. The third kappa shape index (κ3) is 6.27. The van der Waals surface area contributed by atoms with Gasteiger partial charge in [-0.15, -0.1) is 0 Å². The summed E-state index contributed by atoms with van der Waals surface area (Å²) in [6.45, 7) is 2.93. The van der Waals surface area contributed by atoms with Crippen LogP contribution >= 0.6 is 0 Å². The van der Waals surface area contributed by atoms with E-state index >= 15 is 0 Å². The van der Waals surface area contributed by atoms with Gasteiger partial charge in [-0.05, 0) is 51.6 Å². The monoisotopic (exact) mass is 388 g/mol. The Bertz CT molecular complexity index is 849. The highest BCUT2D eigenvalue weighted by Gasteiger charge is 2.24. The number of sulfonamides is 1. The standard InChI is InChI=1S/C21H28N2O3S/c1-18(24)20-12-7-13-21(17-20)27(25,26)23(16-15-22(2)3)14-8-11-19-9-5-4-6-10-19/h4-7,9-10,12-13,17H,8,11,14-16H2,1-3H3. The van der Waals surface area contributed by atoms with E-state index in [1.165, 1.54) is 22.9 Å². The molecule has 0 N–H and O–H groups in total. The third-order valence-corrected chi connectivity index (χ3v) is 6.29. The normalized spacial score (nSPS) is 11.9. The highest BCUT2D eigenvalue weighted by atomic mass is 32.2. The topological polar surface area (TPSA) is 57.7 Å². The first-order chi connectivity index (χ1) is 12.8. The molecule has 0 aromatic heterocycles. The lowest BCUT2D eigenvalue weighted by Crippen LogP contribution is -2.37. The van der Waals surface area contributed by atoms with Crippen LogP contribution in [0, 0.1) is 0 Å². The second-order valence-electron chi connectivity index (χ2n) is 6.88. The van der Waals surface area contributed by atoms with E-state index in [0.29, 0.717) is 25.2 Å². The third-order valence-electron chi connectivity index (χ3n) is 4.39. The lowest BCUT2D eigenvalue weighted by atomic mass is 10.1. The van der Waals surface area contributed by atoms with Gasteiger partial charge in [-0.3, -0.25) is 4.79 Å². The van der Waals surface area contributed by atoms with Crippen LogP contribution in [0.25, 0.3) is 0 Å². The van der Waals surface area contributed by atoms with Crippen molar-refractivity contribution in [2.75, 3.05) is 33.7 Å². The van der Waals surface area contributed by atoms with Crippen LogP contribution < -0.4 is 0 Å². The number of hydrogen-bond acceptors (Lipinski definition) is 4. The minimum absolute atomic E-state index is 0.143. The molecule has 146 valence electrons. The van der Waals surface area contributed by atoms with Crippen molar-refractivity contribution in [1.29, 1.82) is 0 Å². The first-order valence-corrected chi connectivity index (χ1v) is 10.5. The van der Waals surface area contributed by atoms with Crippen molar-refractivity contribution in [2.24, 2.45) is 0 Å². The molecule has 0 saturated carbocycles. The molecule has 0 fully saturated rings. The van der Waals surface area contributed by atoms with E-state index in [4.69, 9.17) is 0 Å². The molecule has 0 spiro atoms. The molecule has 2 rings (SSSR count). The summed E-state index contributed by atoms with van der Waals surface area (Å²) < 4.78 is 27.8. The number of Topliss-reactive ketones (excluding diaryl/α,β-unsaturated/α-hetero) is 1. The second-order valence-corrected chi connectivity index (χ2v) is 8.82. The number of likely N-dealkylation sites (N-methyl/N-ethyl adjacent to an activating group) is 1. The number of ketones is 1. The highest BCUT2D eigenvalue weighted by Crippen LogP contribution is 2.18. The molecular weight excluding hydrogens is 360 g/mol. The molecule has 0 radical (unpaired) electrons. The van der Waals surface area contributed by atoms with E-state index in [-0.39, 0.29) is 10.7 Å². The van der Waals surface area contributed by atoms with Crippen LogP contribution in [0.2, 0.25) is 0 Å².